The zero-order chi connectivity index (χ0) is 29.2. The van der Waals surface area contributed by atoms with Gasteiger partial charge in [-0.15, -0.1) is 0 Å². The number of nitrogens with zero attached hydrogens (tertiary/aromatic N) is 5. The second-order valence-corrected chi connectivity index (χ2v) is 10.6. The van der Waals surface area contributed by atoms with Crippen LogP contribution in [0.25, 0.3) is 39.5 Å². The molecule has 1 aliphatic rings. The summed E-state index contributed by atoms with van der Waals surface area (Å²) >= 11 is 0. The molecule has 4 aromatic heterocycles. The molecule has 10 heteroatoms. The maximum absolute atomic E-state index is 13.1. The van der Waals surface area contributed by atoms with Gasteiger partial charge in [0.1, 0.15) is 17.2 Å². The molecule has 1 fully saturated rings. The number of nitrogens with one attached hydrogen (secondary N) is 2. The van der Waals surface area contributed by atoms with Crippen LogP contribution in [0.5, 0.6) is 0 Å². The highest BCUT2D eigenvalue weighted by Gasteiger charge is 2.30. The number of fused-ring (bicyclic) bond motifs is 1. The van der Waals surface area contributed by atoms with E-state index in [2.05, 4.69) is 15.6 Å². The van der Waals surface area contributed by atoms with Crippen LogP contribution in [0.1, 0.15) is 31.4 Å². The zero-order valence-electron chi connectivity index (χ0n) is 23.5. The Morgan fingerprint density at radius 2 is 1.60 bits per heavy atom. The molecule has 0 bridgehead atoms. The number of rotatable bonds is 6. The first kappa shape index (κ1) is 27.1. The molecule has 6 rings (SSSR count). The molecule has 2 amide bonds. The van der Waals surface area contributed by atoms with Crippen LogP contribution in [0, 0.1) is 18.8 Å². The second-order valence-electron chi connectivity index (χ2n) is 10.6. The average molecular weight is 561 g/mol. The standard InChI is InChI=1S/C32H32N8O2/c1-19-26(16-17-27(36-19)39-32(42)22-12-10-21(11-13-22)31(41)34-2)40-29(23-9-6-18-35-28(23)33)38-25-15-14-24(37-30(25)40)20-7-4-3-5-8-20/h3-9,14-18,21-22H,10-13H2,1-2H3,(H2,33,35)(H,34,41)(H,36,39,42). The van der Waals surface area contributed by atoms with E-state index < -0.39 is 0 Å². The lowest BCUT2D eigenvalue weighted by molar-refractivity contribution is -0.128. The van der Waals surface area contributed by atoms with Crippen molar-refractivity contribution in [2.24, 2.45) is 11.8 Å². The van der Waals surface area contributed by atoms with Gasteiger partial charge in [-0.1, -0.05) is 30.3 Å². The van der Waals surface area contributed by atoms with E-state index in [0.717, 1.165) is 16.9 Å². The predicted octanol–water partition coefficient (Wildman–Crippen LogP) is 4.93. The molecule has 4 heterocycles. The number of aromatic nitrogens is 5. The van der Waals surface area contributed by atoms with Gasteiger partial charge < -0.3 is 16.4 Å². The highest BCUT2D eigenvalue weighted by atomic mass is 16.2. The van der Waals surface area contributed by atoms with Gasteiger partial charge in [0.15, 0.2) is 11.5 Å². The molecule has 42 heavy (non-hydrogen) atoms. The number of aryl methyl sites for hydroxylation is 1. The maximum Gasteiger partial charge on any atom is 0.228 e. The Morgan fingerprint density at radius 1 is 0.857 bits per heavy atom. The van der Waals surface area contributed by atoms with Gasteiger partial charge in [0.25, 0.3) is 0 Å². The van der Waals surface area contributed by atoms with Crippen molar-refractivity contribution in [2.75, 3.05) is 18.1 Å². The van der Waals surface area contributed by atoms with Crippen molar-refractivity contribution in [3.05, 3.63) is 78.6 Å². The van der Waals surface area contributed by atoms with Crippen molar-refractivity contribution in [2.45, 2.75) is 32.6 Å². The zero-order valence-corrected chi connectivity index (χ0v) is 23.5. The summed E-state index contributed by atoms with van der Waals surface area (Å²) in [5.74, 6) is 1.23. The van der Waals surface area contributed by atoms with Crippen LogP contribution in [-0.4, -0.2) is 43.4 Å². The number of hydrogen-bond acceptors (Lipinski definition) is 7. The fourth-order valence-corrected chi connectivity index (χ4v) is 5.65. The summed E-state index contributed by atoms with van der Waals surface area (Å²) in [5.41, 5.74) is 11.6. The van der Waals surface area contributed by atoms with Gasteiger partial charge in [-0.3, -0.25) is 14.2 Å². The summed E-state index contributed by atoms with van der Waals surface area (Å²) < 4.78 is 1.95. The third-order valence-electron chi connectivity index (χ3n) is 7.92. The number of nitrogen functional groups attached to an aromatic ring is 1. The van der Waals surface area contributed by atoms with Gasteiger partial charge in [-0.25, -0.2) is 19.9 Å². The van der Waals surface area contributed by atoms with E-state index in [1.54, 1.807) is 19.3 Å². The molecule has 10 nitrogen and oxygen atoms in total. The summed E-state index contributed by atoms with van der Waals surface area (Å²) in [5, 5.41) is 5.70. The molecule has 0 saturated heterocycles. The third-order valence-corrected chi connectivity index (χ3v) is 7.92. The lowest BCUT2D eigenvalue weighted by Crippen LogP contribution is -2.34. The molecular weight excluding hydrogens is 528 g/mol. The lowest BCUT2D eigenvalue weighted by atomic mass is 9.81. The Balaban J connectivity index is 1.35. The molecule has 0 aliphatic heterocycles. The Morgan fingerprint density at radius 3 is 2.29 bits per heavy atom. The molecule has 0 radical (unpaired) electrons. The van der Waals surface area contributed by atoms with E-state index in [1.807, 2.05) is 72.2 Å². The van der Waals surface area contributed by atoms with Gasteiger partial charge in [0.05, 0.1) is 22.6 Å². The van der Waals surface area contributed by atoms with Crippen LogP contribution in [0.15, 0.2) is 72.9 Å². The summed E-state index contributed by atoms with van der Waals surface area (Å²) in [6.07, 6.45) is 4.40. The Bertz CT molecular complexity index is 1770. The normalized spacial score (nSPS) is 16.7. The monoisotopic (exact) mass is 560 g/mol. The minimum atomic E-state index is -0.147. The Kier molecular flexibility index (Phi) is 7.35. The SMILES string of the molecule is CNC(=O)C1CCC(C(=O)Nc2ccc(-n3c(-c4cccnc4N)nc4ccc(-c5ccccc5)nc43)c(C)n2)CC1. The number of imidazole rings is 1. The van der Waals surface area contributed by atoms with Crippen LogP contribution in [0.4, 0.5) is 11.6 Å². The largest absolute Gasteiger partial charge is 0.383 e. The first-order valence-corrected chi connectivity index (χ1v) is 14.1. The second kappa shape index (κ2) is 11.4. The van der Waals surface area contributed by atoms with Crippen molar-refractivity contribution >= 4 is 34.6 Å². The number of hydrogen-bond donors (Lipinski definition) is 3. The Labute approximate surface area is 243 Å². The van der Waals surface area contributed by atoms with Crippen molar-refractivity contribution in [1.82, 2.24) is 29.8 Å². The van der Waals surface area contributed by atoms with E-state index in [0.29, 0.717) is 65.6 Å². The molecule has 0 spiro atoms. The van der Waals surface area contributed by atoms with Crippen LogP contribution >= 0.6 is 0 Å². The summed E-state index contributed by atoms with van der Waals surface area (Å²) in [6, 6.07) is 21.3. The van der Waals surface area contributed by atoms with E-state index in [4.69, 9.17) is 20.7 Å². The minimum Gasteiger partial charge on any atom is -0.383 e. The number of carbonyl (C=O) groups excluding carboxylic acids is 2. The van der Waals surface area contributed by atoms with Gasteiger partial charge in [0, 0.05) is 30.6 Å². The van der Waals surface area contributed by atoms with Crippen LogP contribution in [-0.2, 0) is 9.59 Å². The highest BCUT2D eigenvalue weighted by Crippen LogP contribution is 2.33. The molecule has 1 aromatic carbocycles. The Hall–Kier alpha value is -5.12. The number of nitrogens with two attached hydrogens (primary N) is 1. The predicted molar refractivity (Wildman–Crippen MR) is 163 cm³/mol. The van der Waals surface area contributed by atoms with Gasteiger partial charge in [-0.2, -0.15) is 0 Å². The van der Waals surface area contributed by atoms with E-state index in [1.165, 1.54) is 0 Å². The third kappa shape index (κ3) is 5.18. The van der Waals surface area contributed by atoms with Gasteiger partial charge in [0.2, 0.25) is 11.8 Å². The summed E-state index contributed by atoms with van der Waals surface area (Å²) in [4.78, 5) is 44.0. The molecule has 1 aliphatic carbocycles. The van der Waals surface area contributed by atoms with Gasteiger partial charge in [-0.05, 0) is 69.0 Å². The molecule has 0 unspecified atom stereocenters. The minimum absolute atomic E-state index is 0.0252. The number of amides is 2. The molecule has 0 atom stereocenters. The first-order chi connectivity index (χ1) is 20.4. The van der Waals surface area contributed by atoms with Crippen molar-refractivity contribution < 1.29 is 9.59 Å². The van der Waals surface area contributed by atoms with E-state index in [9.17, 15) is 9.59 Å². The highest BCUT2D eigenvalue weighted by molar-refractivity contribution is 5.92. The topological polar surface area (TPSA) is 141 Å². The fourth-order valence-electron chi connectivity index (χ4n) is 5.65. The number of carbonyl (C=O) groups is 2. The fraction of sp³-hybridized carbons (Fsp3) is 0.250. The lowest BCUT2D eigenvalue weighted by Gasteiger charge is -2.26. The van der Waals surface area contributed by atoms with Crippen LogP contribution in [0.2, 0.25) is 0 Å². The molecule has 5 aromatic rings. The first-order valence-electron chi connectivity index (χ1n) is 14.1. The van der Waals surface area contributed by atoms with E-state index in [-0.39, 0.29) is 23.7 Å². The van der Waals surface area contributed by atoms with Crippen molar-refractivity contribution in [1.29, 1.82) is 0 Å². The average Bonchev–Trinajstić information content (AvgIpc) is 3.39. The quantitative estimate of drug-likeness (QED) is 0.268. The number of anilines is 2. The molecular formula is C32H32N8O2. The van der Waals surface area contributed by atoms with Crippen LogP contribution < -0.4 is 16.4 Å². The molecule has 4 N–H and O–H groups in total. The molecule has 212 valence electrons. The van der Waals surface area contributed by atoms with E-state index >= 15 is 0 Å². The number of benzene rings is 1. The van der Waals surface area contributed by atoms with Crippen molar-refractivity contribution in [3.63, 3.8) is 0 Å². The molecule has 1 saturated carbocycles. The summed E-state index contributed by atoms with van der Waals surface area (Å²) in [7, 11) is 1.65. The van der Waals surface area contributed by atoms with Gasteiger partial charge >= 0.3 is 0 Å². The summed E-state index contributed by atoms with van der Waals surface area (Å²) in [6.45, 7) is 1.89. The number of pyridine rings is 3. The van der Waals surface area contributed by atoms with Crippen LogP contribution in [0.3, 0.4) is 0 Å². The smallest absolute Gasteiger partial charge is 0.228 e. The van der Waals surface area contributed by atoms with Crippen molar-refractivity contribution in [3.8, 4) is 28.3 Å². The maximum atomic E-state index is 13.1.